The molecule has 0 aliphatic carbocycles. The van der Waals surface area contributed by atoms with E-state index in [1.807, 2.05) is 13.0 Å². The molecular weight excluding hydrogens is 278 g/mol. The van der Waals surface area contributed by atoms with Gasteiger partial charge in [0.2, 0.25) is 5.91 Å². The number of hydrogen-bond acceptors (Lipinski definition) is 4. The lowest BCUT2D eigenvalue weighted by Crippen LogP contribution is -2.40. The minimum Gasteiger partial charge on any atom is -0.350 e. The van der Waals surface area contributed by atoms with Gasteiger partial charge in [-0.05, 0) is 18.9 Å². The predicted octanol–water partition coefficient (Wildman–Crippen LogP) is 1.23. The summed E-state index contributed by atoms with van der Waals surface area (Å²) in [6, 6.07) is 10.3. The zero-order valence-corrected chi connectivity index (χ0v) is 12.7. The first-order valence-corrected chi connectivity index (χ1v) is 7.63. The second-order valence-corrected chi connectivity index (χ2v) is 5.77. The highest BCUT2D eigenvalue weighted by atomic mass is 16.2. The quantitative estimate of drug-likeness (QED) is 0.902. The topological polar surface area (TPSA) is 63.1 Å². The third-order valence-corrected chi connectivity index (χ3v) is 4.08. The summed E-state index contributed by atoms with van der Waals surface area (Å²) in [5, 5.41) is 7.13. The molecule has 0 bridgehead atoms. The van der Waals surface area contributed by atoms with Crippen LogP contribution in [0.25, 0.3) is 0 Å². The minimum atomic E-state index is -0.328. The lowest BCUT2D eigenvalue weighted by Gasteiger charge is -2.18. The standard InChI is InChI=1S/C16H21N5O/c1-13(21-12-17-11-18-21)16(22)19-15-7-8-20(10-15)9-14-5-3-2-4-6-14/h2-6,11-13,15H,7-10H2,1H3,(H,19,22)/t13-,15-/m1/s1. The van der Waals surface area contributed by atoms with Crippen LogP contribution in [0.5, 0.6) is 0 Å². The first-order valence-electron chi connectivity index (χ1n) is 7.63. The average Bonchev–Trinajstić information content (AvgIpc) is 3.19. The first kappa shape index (κ1) is 14.7. The van der Waals surface area contributed by atoms with E-state index >= 15 is 0 Å². The van der Waals surface area contributed by atoms with Crippen molar-refractivity contribution in [1.82, 2.24) is 25.0 Å². The highest BCUT2D eigenvalue weighted by molar-refractivity contribution is 5.80. The zero-order chi connectivity index (χ0) is 15.4. The van der Waals surface area contributed by atoms with Crippen molar-refractivity contribution in [2.45, 2.75) is 32.0 Å². The van der Waals surface area contributed by atoms with Gasteiger partial charge in [-0.1, -0.05) is 30.3 Å². The van der Waals surface area contributed by atoms with E-state index < -0.39 is 0 Å². The Morgan fingerprint density at radius 1 is 1.41 bits per heavy atom. The smallest absolute Gasteiger partial charge is 0.244 e. The van der Waals surface area contributed by atoms with Crippen LogP contribution in [0.2, 0.25) is 0 Å². The molecule has 2 atom stereocenters. The lowest BCUT2D eigenvalue weighted by molar-refractivity contribution is -0.124. The molecule has 22 heavy (non-hydrogen) atoms. The Bertz CT molecular complexity index is 598. The SMILES string of the molecule is C[C@H](C(=O)N[C@@H]1CCN(Cc2ccccc2)C1)n1cncn1. The molecule has 1 aliphatic rings. The number of nitrogens with one attached hydrogen (secondary N) is 1. The average molecular weight is 299 g/mol. The van der Waals surface area contributed by atoms with Crippen LogP contribution in [0.4, 0.5) is 0 Å². The Kier molecular flexibility index (Phi) is 4.48. The number of amides is 1. The number of carbonyl (C=O) groups is 1. The molecule has 1 fully saturated rings. The summed E-state index contributed by atoms with van der Waals surface area (Å²) in [6.45, 7) is 4.68. The molecule has 0 radical (unpaired) electrons. The fourth-order valence-electron chi connectivity index (χ4n) is 2.79. The van der Waals surface area contributed by atoms with Crippen molar-refractivity contribution in [2.24, 2.45) is 0 Å². The van der Waals surface area contributed by atoms with Crippen LogP contribution in [0.3, 0.4) is 0 Å². The molecule has 1 aromatic carbocycles. The van der Waals surface area contributed by atoms with Crippen LogP contribution in [-0.4, -0.2) is 44.7 Å². The molecule has 6 nitrogen and oxygen atoms in total. The molecule has 0 saturated carbocycles. The maximum absolute atomic E-state index is 12.2. The van der Waals surface area contributed by atoms with Gasteiger partial charge in [-0.2, -0.15) is 5.10 Å². The van der Waals surface area contributed by atoms with Crippen molar-refractivity contribution in [3.63, 3.8) is 0 Å². The van der Waals surface area contributed by atoms with Crippen LogP contribution >= 0.6 is 0 Å². The zero-order valence-electron chi connectivity index (χ0n) is 12.7. The molecule has 1 aliphatic heterocycles. The fourth-order valence-corrected chi connectivity index (χ4v) is 2.79. The van der Waals surface area contributed by atoms with E-state index in [0.29, 0.717) is 0 Å². The van der Waals surface area contributed by atoms with Gasteiger partial charge in [0.05, 0.1) is 0 Å². The van der Waals surface area contributed by atoms with Crippen LogP contribution in [0.1, 0.15) is 24.9 Å². The second kappa shape index (κ2) is 6.70. The summed E-state index contributed by atoms with van der Waals surface area (Å²) < 4.78 is 1.58. The Hall–Kier alpha value is -2.21. The van der Waals surface area contributed by atoms with Gasteiger partial charge in [0.25, 0.3) is 0 Å². The van der Waals surface area contributed by atoms with Crippen LogP contribution in [-0.2, 0) is 11.3 Å². The van der Waals surface area contributed by atoms with E-state index in [9.17, 15) is 4.79 Å². The number of benzene rings is 1. The van der Waals surface area contributed by atoms with Gasteiger partial charge in [0.1, 0.15) is 18.7 Å². The Labute approximate surface area is 130 Å². The summed E-state index contributed by atoms with van der Waals surface area (Å²) >= 11 is 0. The normalized spacial score (nSPS) is 20.0. The maximum Gasteiger partial charge on any atom is 0.244 e. The first-order chi connectivity index (χ1) is 10.7. The summed E-state index contributed by atoms with van der Waals surface area (Å²) in [5.41, 5.74) is 1.31. The molecule has 2 aromatic rings. The Morgan fingerprint density at radius 3 is 2.95 bits per heavy atom. The molecule has 1 N–H and O–H groups in total. The maximum atomic E-state index is 12.2. The van der Waals surface area contributed by atoms with Gasteiger partial charge in [-0.3, -0.25) is 9.69 Å². The predicted molar refractivity (Wildman–Crippen MR) is 83.0 cm³/mol. The molecule has 1 aromatic heterocycles. The summed E-state index contributed by atoms with van der Waals surface area (Å²) in [4.78, 5) is 18.5. The van der Waals surface area contributed by atoms with Crippen molar-refractivity contribution >= 4 is 5.91 Å². The molecule has 0 unspecified atom stereocenters. The van der Waals surface area contributed by atoms with E-state index in [2.05, 4.69) is 44.6 Å². The summed E-state index contributed by atoms with van der Waals surface area (Å²) in [7, 11) is 0. The summed E-state index contributed by atoms with van der Waals surface area (Å²) in [5.74, 6) is -0.00272. The van der Waals surface area contributed by atoms with E-state index in [1.54, 1.807) is 11.0 Å². The van der Waals surface area contributed by atoms with Crippen LogP contribution < -0.4 is 5.32 Å². The third kappa shape index (κ3) is 3.51. The molecule has 1 saturated heterocycles. The lowest BCUT2D eigenvalue weighted by atomic mass is 10.2. The number of rotatable bonds is 5. The number of carbonyl (C=O) groups excluding carboxylic acids is 1. The van der Waals surface area contributed by atoms with E-state index in [-0.39, 0.29) is 18.0 Å². The van der Waals surface area contributed by atoms with E-state index in [0.717, 1.165) is 26.1 Å². The second-order valence-electron chi connectivity index (χ2n) is 5.77. The molecule has 1 amide bonds. The van der Waals surface area contributed by atoms with Gasteiger partial charge >= 0.3 is 0 Å². The molecule has 116 valence electrons. The Balaban J connectivity index is 1.49. The monoisotopic (exact) mass is 299 g/mol. The number of hydrogen-bond donors (Lipinski definition) is 1. The number of nitrogens with zero attached hydrogens (tertiary/aromatic N) is 4. The number of aromatic nitrogens is 3. The highest BCUT2D eigenvalue weighted by Gasteiger charge is 2.26. The molecule has 0 spiro atoms. The molecule has 6 heteroatoms. The van der Waals surface area contributed by atoms with Gasteiger partial charge < -0.3 is 5.32 Å². The van der Waals surface area contributed by atoms with E-state index in [1.165, 1.54) is 11.9 Å². The number of likely N-dealkylation sites (tertiary alicyclic amines) is 1. The summed E-state index contributed by atoms with van der Waals surface area (Å²) in [6.07, 6.45) is 4.00. The molecule has 2 heterocycles. The molecule has 3 rings (SSSR count). The van der Waals surface area contributed by atoms with Gasteiger partial charge in [-0.15, -0.1) is 0 Å². The van der Waals surface area contributed by atoms with Gasteiger partial charge in [0.15, 0.2) is 0 Å². The Morgan fingerprint density at radius 2 is 2.23 bits per heavy atom. The van der Waals surface area contributed by atoms with Crippen molar-refractivity contribution in [1.29, 1.82) is 0 Å². The van der Waals surface area contributed by atoms with Gasteiger partial charge in [-0.25, -0.2) is 9.67 Å². The van der Waals surface area contributed by atoms with Crippen molar-refractivity contribution in [2.75, 3.05) is 13.1 Å². The molecular formula is C16H21N5O. The largest absolute Gasteiger partial charge is 0.350 e. The third-order valence-electron chi connectivity index (χ3n) is 4.08. The van der Waals surface area contributed by atoms with Gasteiger partial charge in [0, 0.05) is 25.7 Å². The van der Waals surface area contributed by atoms with Crippen LogP contribution in [0, 0.1) is 0 Å². The van der Waals surface area contributed by atoms with Crippen molar-refractivity contribution in [3.8, 4) is 0 Å². The van der Waals surface area contributed by atoms with E-state index in [4.69, 9.17) is 0 Å². The van der Waals surface area contributed by atoms with Crippen molar-refractivity contribution in [3.05, 3.63) is 48.5 Å². The minimum absolute atomic E-state index is 0.00272. The highest BCUT2D eigenvalue weighted by Crippen LogP contribution is 2.14. The van der Waals surface area contributed by atoms with Crippen molar-refractivity contribution < 1.29 is 4.79 Å². The fraction of sp³-hybridized carbons (Fsp3) is 0.438. The van der Waals surface area contributed by atoms with Crippen LogP contribution in [0.15, 0.2) is 43.0 Å².